The summed E-state index contributed by atoms with van der Waals surface area (Å²) < 4.78 is 38.5. The van der Waals surface area contributed by atoms with Crippen LogP contribution in [0.5, 0.6) is 0 Å². The number of guanidine groups is 1. The highest BCUT2D eigenvalue weighted by atomic mass is 79.9. The lowest BCUT2D eigenvalue weighted by atomic mass is 10.2. The Bertz CT molecular complexity index is 839. The number of benzene rings is 2. The largest absolute Gasteiger partial charge is 0.355 e. The van der Waals surface area contributed by atoms with Gasteiger partial charge in [0.15, 0.2) is 15.8 Å². The second-order valence-electron chi connectivity index (χ2n) is 5.26. The van der Waals surface area contributed by atoms with Crippen LogP contribution in [0, 0.1) is 5.82 Å². The molecule has 0 bridgehead atoms. The third kappa shape index (κ3) is 6.13. The lowest BCUT2D eigenvalue weighted by Gasteiger charge is -2.12. The van der Waals surface area contributed by atoms with E-state index in [9.17, 15) is 12.8 Å². The van der Waals surface area contributed by atoms with E-state index < -0.39 is 9.84 Å². The number of hydrogen-bond acceptors (Lipinski definition) is 3. The quantitative estimate of drug-likeness (QED) is 0.549. The number of halogens is 2. The van der Waals surface area contributed by atoms with E-state index in [1.165, 1.54) is 12.1 Å². The molecule has 0 atom stereocenters. The molecule has 2 N–H and O–H groups in total. The van der Waals surface area contributed by atoms with Gasteiger partial charge in [0, 0.05) is 24.6 Å². The second kappa shape index (κ2) is 8.96. The fourth-order valence-corrected chi connectivity index (χ4v) is 3.54. The van der Waals surface area contributed by atoms with Gasteiger partial charge in [-0.2, -0.15) is 0 Å². The normalized spacial score (nSPS) is 12.0. The highest BCUT2D eigenvalue weighted by Crippen LogP contribution is 2.15. The molecule has 134 valence electrons. The van der Waals surface area contributed by atoms with Crippen LogP contribution in [0.4, 0.5) is 4.39 Å². The first kappa shape index (κ1) is 19.4. The topological polar surface area (TPSA) is 70.6 Å². The number of hydrogen-bond donors (Lipinski definition) is 2. The Labute approximate surface area is 155 Å². The molecular formula is C17H19BrFN3O2S. The summed E-state index contributed by atoms with van der Waals surface area (Å²) in [5, 5.41) is 5.97. The van der Waals surface area contributed by atoms with Crippen molar-refractivity contribution in [2.75, 3.05) is 19.3 Å². The molecule has 0 aliphatic carbocycles. The Morgan fingerprint density at radius 2 is 1.88 bits per heavy atom. The van der Waals surface area contributed by atoms with Crippen LogP contribution in [0.3, 0.4) is 0 Å². The van der Waals surface area contributed by atoms with E-state index in [1.54, 1.807) is 43.4 Å². The van der Waals surface area contributed by atoms with Gasteiger partial charge in [0.1, 0.15) is 5.82 Å². The van der Waals surface area contributed by atoms with Crippen LogP contribution in [-0.4, -0.2) is 33.7 Å². The predicted octanol–water partition coefficient (Wildman–Crippen LogP) is 2.73. The number of rotatable bonds is 6. The van der Waals surface area contributed by atoms with Gasteiger partial charge < -0.3 is 10.6 Å². The van der Waals surface area contributed by atoms with Gasteiger partial charge >= 0.3 is 0 Å². The molecule has 0 fully saturated rings. The molecule has 0 aliphatic heterocycles. The van der Waals surface area contributed by atoms with Gasteiger partial charge in [-0.3, -0.25) is 4.99 Å². The lowest BCUT2D eigenvalue weighted by molar-refractivity contribution is 0.594. The van der Waals surface area contributed by atoms with Crippen molar-refractivity contribution in [2.24, 2.45) is 4.99 Å². The van der Waals surface area contributed by atoms with Gasteiger partial charge in [-0.15, -0.1) is 0 Å². The van der Waals surface area contributed by atoms with Gasteiger partial charge in [0.05, 0.1) is 10.6 Å². The van der Waals surface area contributed by atoms with Gasteiger partial charge in [0.2, 0.25) is 0 Å². The van der Waals surface area contributed by atoms with Gasteiger partial charge in [-0.25, -0.2) is 12.8 Å². The summed E-state index contributed by atoms with van der Waals surface area (Å²) in [5.74, 6) is 0.0908. The maximum absolute atomic E-state index is 13.2. The van der Waals surface area contributed by atoms with E-state index in [4.69, 9.17) is 0 Å². The van der Waals surface area contributed by atoms with Crippen molar-refractivity contribution < 1.29 is 12.8 Å². The molecule has 0 aromatic heterocycles. The molecule has 8 heteroatoms. The maximum Gasteiger partial charge on any atom is 0.191 e. The average Bonchev–Trinajstić information content (AvgIpc) is 2.58. The standard InChI is InChI=1S/C17H19BrFN3O2S/c1-20-17(22-12-13-3-2-4-15(19)11-13)21-9-10-25(23,24)16-7-5-14(18)6-8-16/h2-8,11H,9-10,12H2,1H3,(H2,20,21,22). The Morgan fingerprint density at radius 3 is 2.52 bits per heavy atom. The van der Waals surface area contributed by atoms with E-state index in [0.29, 0.717) is 12.5 Å². The lowest BCUT2D eigenvalue weighted by Crippen LogP contribution is -2.39. The summed E-state index contributed by atoms with van der Waals surface area (Å²) in [7, 11) is -1.78. The van der Waals surface area contributed by atoms with Gasteiger partial charge in [0.25, 0.3) is 0 Å². The van der Waals surface area contributed by atoms with Gasteiger partial charge in [-0.1, -0.05) is 28.1 Å². The summed E-state index contributed by atoms with van der Waals surface area (Å²) in [6, 6.07) is 12.8. The van der Waals surface area contributed by atoms with Crippen molar-refractivity contribution in [1.29, 1.82) is 0 Å². The molecule has 0 spiro atoms. The van der Waals surface area contributed by atoms with Crippen LogP contribution in [0.1, 0.15) is 5.56 Å². The minimum absolute atomic E-state index is 0.0602. The minimum Gasteiger partial charge on any atom is -0.355 e. The molecule has 0 heterocycles. The van der Waals surface area contributed by atoms with Crippen LogP contribution in [0.15, 0.2) is 62.9 Å². The van der Waals surface area contributed by atoms with Crippen molar-refractivity contribution in [3.63, 3.8) is 0 Å². The molecule has 0 aliphatic rings. The summed E-state index contributed by atoms with van der Waals surface area (Å²) in [5.41, 5.74) is 0.769. The van der Waals surface area contributed by atoms with Crippen molar-refractivity contribution in [3.8, 4) is 0 Å². The molecule has 5 nitrogen and oxygen atoms in total. The molecule has 0 saturated carbocycles. The molecule has 25 heavy (non-hydrogen) atoms. The number of aliphatic imine (C=N–C) groups is 1. The van der Waals surface area contributed by atoms with Crippen molar-refractivity contribution >= 4 is 31.7 Å². The Balaban J connectivity index is 1.85. The SMILES string of the molecule is CN=C(NCCS(=O)(=O)c1ccc(Br)cc1)NCc1cccc(F)c1. The van der Waals surface area contributed by atoms with E-state index in [2.05, 4.69) is 31.6 Å². The third-order valence-electron chi connectivity index (χ3n) is 3.41. The van der Waals surface area contributed by atoms with Crippen LogP contribution in [0.2, 0.25) is 0 Å². The predicted molar refractivity (Wildman–Crippen MR) is 101 cm³/mol. The summed E-state index contributed by atoms with van der Waals surface area (Å²) in [6.07, 6.45) is 0. The monoisotopic (exact) mass is 427 g/mol. The van der Waals surface area contributed by atoms with Crippen molar-refractivity contribution in [3.05, 3.63) is 64.4 Å². The first-order valence-electron chi connectivity index (χ1n) is 7.58. The van der Waals surface area contributed by atoms with Crippen LogP contribution in [-0.2, 0) is 16.4 Å². The number of nitrogens with zero attached hydrogens (tertiary/aromatic N) is 1. The minimum atomic E-state index is -3.37. The number of sulfone groups is 1. The van der Waals surface area contributed by atoms with Crippen LogP contribution >= 0.6 is 15.9 Å². The Kier molecular flexibility index (Phi) is 6.95. The smallest absolute Gasteiger partial charge is 0.191 e. The van der Waals surface area contributed by atoms with E-state index in [0.717, 1.165) is 10.0 Å². The third-order valence-corrected chi connectivity index (χ3v) is 5.67. The molecule has 0 amide bonds. The van der Waals surface area contributed by atoms with Gasteiger partial charge in [-0.05, 0) is 42.0 Å². The second-order valence-corrected chi connectivity index (χ2v) is 8.28. The summed E-state index contributed by atoms with van der Waals surface area (Å²) in [6.45, 7) is 0.595. The van der Waals surface area contributed by atoms with E-state index in [-0.39, 0.29) is 23.0 Å². The van der Waals surface area contributed by atoms with E-state index >= 15 is 0 Å². The Morgan fingerprint density at radius 1 is 1.16 bits per heavy atom. The zero-order valence-corrected chi connectivity index (χ0v) is 16.1. The van der Waals surface area contributed by atoms with Crippen LogP contribution in [0.25, 0.3) is 0 Å². The molecule has 0 saturated heterocycles. The highest BCUT2D eigenvalue weighted by molar-refractivity contribution is 9.10. The highest BCUT2D eigenvalue weighted by Gasteiger charge is 2.14. The molecule has 2 aromatic carbocycles. The molecule has 0 radical (unpaired) electrons. The molecule has 2 aromatic rings. The zero-order chi connectivity index (χ0) is 18.3. The maximum atomic E-state index is 13.2. The fourth-order valence-electron chi connectivity index (χ4n) is 2.12. The molecule has 2 rings (SSSR count). The first-order valence-corrected chi connectivity index (χ1v) is 10.0. The first-order chi connectivity index (χ1) is 11.9. The van der Waals surface area contributed by atoms with Crippen LogP contribution < -0.4 is 10.6 Å². The zero-order valence-electron chi connectivity index (χ0n) is 13.7. The van der Waals surface area contributed by atoms with E-state index in [1.807, 2.05) is 0 Å². The molecule has 0 unspecified atom stereocenters. The summed E-state index contributed by atoms with van der Waals surface area (Å²) in [4.78, 5) is 4.31. The number of nitrogens with one attached hydrogen (secondary N) is 2. The molecular weight excluding hydrogens is 409 g/mol. The average molecular weight is 428 g/mol. The summed E-state index contributed by atoms with van der Waals surface area (Å²) >= 11 is 3.28. The fraction of sp³-hybridized carbons (Fsp3) is 0.235. The van der Waals surface area contributed by atoms with Crippen molar-refractivity contribution in [1.82, 2.24) is 10.6 Å². The Hall–Kier alpha value is -1.93. The van der Waals surface area contributed by atoms with Crippen molar-refractivity contribution in [2.45, 2.75) is 11.4 Å².